The number of carbonyl (C=O) groups excluding carboxylic acids is 5. The van der Waals surface area contributed by atoms with Crippen LogP contribution < -0.4 is 15.5 Å². The van der Waals surface area contributed by atoms with Gasteiger partial charge in [0.25, 0.3) is 11.8 Å². The third-order valence-electron chi connectivity index (χ3n) is 8.74. The lowest BCUT2D eigenvalue weighted by atomic mass is 9.96. The topological polar surface area (TPSA) is 141 Å². The molecule has 13 heteroatoms. The van der Waals surface area contributed by atoms with E-state index in [1.165, 1.54) is 11.3 Å². The van der Waals surface area contributed by atoms with Gasteiger partial charge in [-0.3, -0.25) is 34.2 Å². The predicted octanol–water partition coefficient (Wildman–Crippen LogP) is 3.01. The molecule has 2 N–H and O–H groups in total. The zero-order chi connectivity index (χ0) is 32.2. The van der Waals surface area contributed by atoms with Crippen LogP contribution in [0.3, 0.4) is 0 Å². The van der Waals surface area contributed by atoms with Gasteiger partial charge in [0.05, 0.1) is 29.2 Å². The van der Waals surface area contributed by atoms with Crippen LogP contribution in [0.15, 0.2) is 54.7 Å². The standard InChI is InChI=1S/C33H36N6O6S/c1-37(23-7-8-24-25(19-23)32(44)39(31(24)43)26-9-10-28(40)35-30(26)42)15-17-45-18-16-38-13-11-22(12-14-38)29(41)36-33-34-20-27(46-33)21-5-3-2-4-6-21/h2-8,19-20,22,26H,9-18H2,1H3,(H,34,36,41)(H,35,40,42). The first-order chi connectivity index (χ1) is 22.3. The average Bonchev–Trinajstić information content (AvgIpc) is 3.63. The van der Waals surface area contributed by atoms with Crippen molar-refractivity contribution in [1.82, 2.24) is 20.1 Å². The van der Waals surface area contributed by atoms with Gasteiger partial charge in [-0.1, -0.05) is 41.7 Å². The Labute approximate surface area is 270 Å². The molecule has 12 nitrogen and oxygen atoms in total. The van der Waals surface area contributed by atoms with Crippen molar-refractivity contribution in [2.75, 3.05) is 56.7 Å². The van der Waals surface area contributed by atoms with Crippen LogP contribution in [-0.4, -0.2) is 96.8 Å². The number of likely N-dealkylation sites (tertiary alicyclic amines) is 1. The monoisotopic (exact) mass is 644 g/mol. The number of ether oxygens (including phenoxy) is 1. The van der Waals surface area contributed by atoms with E-state index in [-0.39, 0.29) is 35.8 Å². The SMILES string of the molecule is CN(CCOCCN1CCC(C(=O)Nc2ncc(-c3ccccc3)s2)CC1)c1ccc2c(c1)C(=O)N(C1CCC(=O)NC1=O)C2=O. The highest BCUT2D eigenvalue weighted by atomic mass is 32.1. The zero-order valence-corrected chi connectivity index (χ0v) is 26.4. The van der Waals surface area contributed by atoms with Gasteiger partial charge in [0.2, 0.25) is 17.7 Å². The van der Waals surface area contributed by atoms with Crippen molar-refractivity contribution in [3.8, 4) is 10.4 Å². The van der Waals surface area contributed by atoms with Crippen molar-refractivity contribution in [2.45, 2.75) is 31.7 Å². The van der Waals surface area contributed by atoms with Crippen LogP contribution in [0.5, 0.6) is 0 Å². The lowest BCUT2D eigenvalue weighted by Crippen LogP contribution is -2.54. The normalized spacial score (nSPS) is 18.9. The molecule has 3 aliphatic rings. The minimum Gasteiger partial charge on any atom is -0.378 e. The second kappa shape index (κ2) is 13.9. The summed E-state index contributed by atoms with van der Waals surface area (Å²) in [7, 11) is 1.88. The van der Waals surface area contributed by atoms with E-state index in [9.17, 15) is 24.0 Å². The maximum absolute atomic E-state index is 13.1. The summed E-state index contributed by atoms with van der Waals surface area (Å²) in [5.74, 6) is -2.09. The fourth-order valence-corrected chi connectivity index (χ4v) is 6.84. The van der Waals surface area contributed by atoms with Crippen molar-refractivity contribution in [3.63, 3.8) is 0 Å². The van der Waals surface area contributed by atoms with Crippen molar-refractivity contribution in [3.05, 3.63) is 65.9 Å². The van der Waals surface area contributed by atoms with Crippen molar-refractivity contribution in [1.29, 1.82) is 0 Å². The first-order valence-electron chi connectivity index (χ1n) is 15.5. The third kappa shape index (κ3) is 6.86. The van der Waals surface area contributed by atoms with E-state index in [0.29, 0.717) is 24.9 Å². The van der Waals surface area contributed by atoms with E-state index in [2.05, 4.69) is 20.5 Å². The average molecular weight is 645 g/mol. The summed E-state index contributed by atoms with van der Waals surface area (Å²) in [4.78, 5) is 73.3. The maximum atomic E-state index is 13.1. The summed E-state index contributed by atoms with van der Waals surface area (Å²) in [5, 5.41) is 5.83. The predicted molar refractivity (Wildman–Crippen MR) is 173 cm³/mol. The number of aromatic nitrogens is 1. The van der Waals surface area contributed by atoms with Gasteiger partial charge >= 0.3 is 0 Å². The largest absolute Gasteiger partial charge is 0.378 e. The quantitative estimate of drug-likeness (QED) is 0.238. The first kappa shape index (κ1) is 31.5. The minimum atomic E-state index is -0.986. The zero-order valence-electron chi connectivity index (χ0n) is 25.6. The fraction of sp³-hybridized carbons (Fsp3) is 0.394. The number of nitrogens with zero attached hydrogens (tertiary/aromatic N) is 4. The first-order valence-corrected chi connectivity index (χ1v) is 16.3. The number of anilines is 2. The van der Waals surface area contributed by atoms with E-state index in [1.54, 1.807) is 24.4 Å². The van der Waals surface area contributed by atoms with Gasteiger partial charge in [-0.25, -0.2) is 4.98 Å². The van der Waals surface area contributed by atoms with Crippen LogP contribution in [-0.2, 0) is 19.1 Å². The van der Waals surface area contributed by atoms with E-state index in [4.69, 9.17) is 4.74 Å². The summed E-state index contributed by atoms with van der Waals surface area (Å²) in [6.45, 7) is 4.03. The number of likely N-dealkylation sites (N-methyl/N-ethyl adjacent to an activating group) is 1. The molecule has 1 unspecified atom stereocenters. The molecule has 2 aromatic carbocycles. The Morgan fingerprint density at radius 2 is 1.78 bits per heavy atom. The fourth-order valence-electron chi connectivity index (χ4n) is 6.02. The van der Waals surface area contributed by atoms with Crippen LogP contribution in [0.2, 0.25) is 0 Å². The number of nitrogens with one attached hydrogen (secondary N) is 2. The third-order valence-corrected chi connectivity index (χ3v) is 9.70. The van der Waals surface area contributed by atoms with Crippen LogP contribution >= 0.6 is 11.3 Å². The number of piperidine rings is 2. The molecule has 46 heavy (non-hydrogen) atoms. The molecule has 2 fully saturated rings. The number of thiazole rings is 1. The Bertz CT molecular complexity index is 1640. The van der Waals surface area contributed by atoms with E-state index in [1.807, 2.05) is 42.3 Å². The summed E-state index contributed by atoms with van der Waals surface area (Å²) >= 11 is 1.48. The lowest BCUT2D eigenvalue weighted by molar-refractivity contribution is -0.136. The van der Waals surface area contributed by atoms with Gasteiger partial charge in [-0.2, -0.15) is 0 Å². The summed E-state index contributed by atoms with van der Waals surface area (Å²) < 4.78 is 5.90. The molecule has 3 aliphatic heterocycles. The Morgan fingerprint density at radius 1 is 1.02 bits per heavy atom. The summed E-state index contributed by atoms with van der Waals surface area (Å²) in [6, 6.07) is 14.1. The van der Waals surface area contributed by atoms with Gasteiger partial charge in [0.1, 0.15) is 6.04 Å². The maximum Gasteiger partial charge on any atom is 0.262 e. The number of hydrogen-bond donors (Lipinski definition) is 2. The number of fused-ring (bicyclic) bond motifs is 1. The Morgan fingerprint density at radius 3 is 2.54 bits per heavy atom. The van der Waals surface area contributed by atoms with E-state index < -0.39 is 29.7 Å². The molecule has 0 radical (unpaired) electrons. The van der Waals surface area contributed by atoms with Crippen molar-refractivity contribution < 1.29 is 28.7 Å². The Balaban J connectivity index is 0.901. The Kier molecular flexibility index (Phi) is 9.52. The van der Waals surface area contributed by atoms with Gasteiger partial charge in [-0.05, 0) is 56.1 Å². The molecule has 0 spiro atoms. The molecule has 2 saturated heterocycles. The molecule has 240 valence electrons. The molecule has 1 atom stereocenters. The van der Waals surface area contributed by atoms with Crippen LogP contribution in [0.25, 0.3) is 10.4 Å². The van der Waals surface area contributed by atoms with Crippen LogP contribution in [0.1, 0.15) is 46.4 Å². The highest BCUT2D eigenvalue weighted by Gasteiger charge is 2.44. The van der Waals surface area contributed by atoms with Crippen molar-refractivity contribution >= 4 is 51.7 Å². The number of benzene rings is 2. The second-order valence-corrected chi connectivity index (χ2v) is 12.7. The smallest absolute Gasteiger partial charge is 0.262 e. The van der Waals surface area contributed by atoms with E-state index >= 15 is 0 Å². The van der Waals surface area contributed by atoms with Crippen molar-refractivity contribution in [2.24, 2.45) is 5.92 Å². The molecular weight excluding hydrogens is 608 g/mol. The number of hydrogen-bond acceptors (Lipinski definition) is 10. The molecule has 4 heterocycles. The van der Waals surface area contributed by atoms with Gasteiger partial charge in [0.15, 0.2) is 5.13 Å². The summed E-state index contributed by atoms with van der Waals surface area (Å²) in [6.07, 6.45) is 3.57. The molecule has 0 aliphatic carbocycles. The van der Waals surface area contributed by atoms with Crippen LogP contribution in [0, 0.1) is 5.92 Å². The lowest BCUT2D eigenvalue weighted by Gasteiger charge is -2.31. The molecule has 0 bridgehead atoms. The highest BCUT2D eigenvalue weighted by Crippen LogP contribution is 2.31. The second-order valence-electron chi connectivity index (χ2n) is 11.7. The Hall–Kier alpha value is -4.46. The number of carbonyl (C=O) groups is 5. The molecule has 0 saturated carbocycles. The summed E-state index contributed by atoms with van der Waals surface area (Å²) in [5.41, 5.74) is 2.34. The van der Waals surface area contributed by atoms with Gasteiger partial charge in [0, 0.05) is 44.4 Å². The van der Waals surface area contributed by atoms with Gasteiger partial charge in [-0.15, -0.1) is 0 Å². The number of amides is 5. The van der Waals surface area contributed by atoms with Crippen LogP contribution in [0.4, 0.5) is 10.8 Å². The molecule has 3 aromatic rings. The molecule has 5 amide bonds. The molecule has 6 rings (SSSR count). The molecule has 1 aromatic heterocycles. The minimum absolute atomic E-state index is 0.0224. The van der Waals surface area contributed by atoms with E-state index in [0.717, 1.165) is 53.5 Å². The number of imide groups is 2. The van der Waals surface area contributed by atoms with Gasteiger partial charge < -0.3 is 19.9 Å². The molecular formula is C33H36N6O6S. The highest BCUT2D eigenvalue weighted by molar-refractivity contribution is 7.19. The number of rotatable bonds is 11.